The maximum Gasteiger partial charge on any atom is 0.307 e. The highest BCUT2D eigenvalue weighted by atomic mass is 16.5. The molecular formula is C11H23NO2. The van der Waals surface area contributed by atoms with E-state index < -0.39 is 0 Å². The third-order valence-electron chi connectivity index (χ3n) is 2.40. The third kappa shape index (κ3) is 6.89. The molecule has 84 valence electrons. The van der Waals surface area contributed by atoms with Gasteiger partial charge >= 0.3 is 5.97 Å². The molecule has 0 radical (unpaired) electrons. The van der Waals surface area contributed by atoms with E-state index in [0.717, 1.165) is 19.0 Å². The van der Waals surface area contributed by atoms with Gasteiger partial charge in [-0.1, -0.05) is 26.7 Å². The Balaban J connectivity index is 3.32. The third-order valence-corrected chi connectivity index (χ3v) is 2.40. The molecule has 0 unspecified atom stereocenters. The van der Waals surface area contributed by atoms with Gasteiger partial charge in [-0.15, -0.1) is 0 Å². The van der Waals surface area contributed by atoms with Crippen LogP contribution in [0.4, 0.5) is 0 Å². The summed E-state index contributed by atoms with van der Waals surface area (Å²) in [6.07, 6.45) is 2.87. The van der Waals surface area contributed by atoms with Crippen molar-refractivity contribution in [1.82, 2.24) is 5.32 Å². The molecule has 0 aliphatic heterocycles. The largest absolute Gasteiger partial charge is 0.466 e. The van der Waals surface area contributed by atoms with Crippen molar-refractivity contribution < 1.29 is 9.53 Å². The van der Waals surface area contributed by atoms with Crippen LogP contribution in [0.25, 0.3) is 0 Å². The molecule has 0 spiro atoms. The van der Waals surface area contributed by atoms with E-state index in [9.17, 15) is 4.79 Å². The summed E-state index contributed by atoms with van der Waals surface area (Å²) in [5, 5.41) is 3.28. The fraction of sp³-hybridized carbons (Fsp3) is 0.909. The number of rotatable bonds is 8. The highest BCUT2D eigenvalue weighted by molar-refractivity contribution is 5.69. The molecule has 0 heterocycles. The topological polar surface area (TPSA) is 38.3 Å². The Morgan fingerprint density at radius 3 is 2.43 bits per heavy atom. The maximum absolute atomic E-state index is 11.0. The Morgan fingerprint density at radius 2 is 1.93 bits per heavy atom. The molecule has 0 aliphatic rings. The Hall–Kier alpha value is -0.570. The lowest BCUT2D eigenvalue weighted by atomic mass is 10.0. The molecule has 0 saturated heterocycles. The molecule has 0 fully saturated rings. The first-order valence-electron chi connectivity index (χ1n) is 5.60. The van der Waals surface area contributed by atoms with Crippen molar-refractivity contribution in [3.8, 4) is 0 Å². The SMILES string of the molecule is CCOC(=O)CCNCC(CC)CC. The van der Waals surface area contributed by atoms with Crippen molar-refractivity contribution in [1.29, 1.82) is 0 Å². The van der Waals surface area contributed by atoms with Gasteiger partial charge in [-0.25, -0.2) is 0 Å². The number of nitrogens with one attached hydrogen (secondary N) is 1. The van der Waals surface area contributed by atoms with Crippen LogP contribution in [0.5, 0.6) is 0 Å². The van der Waals surface area contributed by atoms with Gasteiger partial charge in [0, 0.05) is 6.54 Å². The van der Waals surface area contributed by atoms with E-state index in [1.54, 1.807) is 0 Å². The van der Waals surface area contributed by atoms with Crippen LogP contribution in [0.15, 0.2) is 0 Å². The standard InChI is InChI=1S/C11H23NO2/c1-4-10(5-2)9-12-8-7-11(13)14-6-3/h10,12H,4-9H2,1-3H3. The number of carbonyl (C=O) groups excluding carboxylic acids is 1. The van der Waals surface area contributed by atoms with Crippen LogP contribution >= 0.6 is 0 Å². The van der Waals surface area contributed by atoms with Crippen molar-refractivity contribution in [3.05, 3.63) is 0 Å². The summed E-state index contributed by atoms with van der Waals surface area (Å²) in [5.41, 5.74) is 0. The molecule has 3 heteroatoms. The Kier molecular flexibility index (Phi) is 8.64. The lowest BCUT2D eigenvalue weighted by Crippen LogP contribution is -2.25. The summed E-state index contributed by atoms with van der Waals surface area (Å²) in [4.78, 5) is 11.0. The summed E-state index contributed by atoms with van der Waals surface area (Å²) in [7, 11) is 0. The Morgan fingerprint density at radius 1 is 1.29 bits per heavy atom. The molecule has 0 rings (SSSR count). The fourth-order valence-electron chi connectivity index (χ4n) is 1.31. The van der Waals surface area contributed by atoms with E-state index in [4.69, 9.17) is 4.74 Å². The van der Waals surface area contributed by atoms with Gasteiger partial charge in [0.15, 0.2) is 0 Å². The smallest absolute Gasteiger partial charge is 0.307 e. The zero-order chi connectivity index (χ0) is 10.8. The minimum absolute atomic E-state index is 0.107. The van der Waals surface area contributed by atoms with Crippen LogP contribution in [-0.4, -0.2) is 25.7 Å². The molecule has 0 saturated carbocycles. The molecule has 0 atom stereocenters. The van der Waals surface area contributed by atoms with E-state index in [0.29, 0.717) is 13.0 Å². The van der Waals surface area contributed by atoms with Crippen LogP contribution in [0.1, 0.15) is 40.0 Å². The second-order valence-electron chi connectivity index (χ2n) is 3.44. The van der Waals surface area contributed by atoms with Gasteiger partial charge in [0.05, 0.1) is 13.0 Å². The molecule has 0 aliphatic carbocycles. The van der Waals surface area contributed by atoms with Gasteiger partial charge in [-0.3, -0.25) is 4.79 Å². The van der Waals surface area contributed by atoms with E-state index >= 15 is 0 Å². The molecule has 0 aromatic heterocycles. The number of hydrogen-bond acceptors (Lipinski definition) is 3. The lowest BCUT2D eigenvalue weighted by Gasteiger charge is -2.12. The van der Waals surface area contributed by atoms with Gasteiger partial charge in [0.25, 0.3) is 0 Å². The first-order valence-corrected chi connectivity index (χ1v) is 5.60. The van der Waals surface area contributed by atoms with Crippen molar-refractivity contribution in [3.63, 3.8) is 0 Å². The van der Waals surface area contributed by atoms with E-state index in [-0.39, 0.29) is 5.97 Å². The predicted octanol–water partition coefficient (Wildman–Crippen LogP) is 1.97. The van der Waals surface area contributed by atoms with E-state index in [1.165, 1.54) is 12.8 Å². The van der Waals surface area contributed by atoms with Crippen LogP contribution in [0.2, 0.25) is 0 Å². The van der Waals surface area contributed by atoms with Crippen molar-refractivity contribution in [2.24, 2.45) is 5.92 Å². The molecule has 1 N–H and O–H groups in total. The zero-order valence-corrected chi connectivity index (χ0v) is 9.64. The molecule has 3 nitrogen and oxygen atoms in total. The minimum Gasteiger partial charge on any atom is -0.466 e. The predicted molar refractivity (Wildman–Crippen MR) is 58.2 cm³/mol. The van der Waals surface area contributed by atoms with E-state index in [2.05, 4.69) is 19.2 Å². The zero-order valence-electron chi connectivity index (χ0n) is 9.64. The number of esters is 1. The Labute approximate surface area is 87.2 Å². The van der Waals surface area contributed by atoms with Crippen molar-refractivity contribution >= 4 is 5.97 Å². The first kappa shape index (κ1) is 13.4. The second-order valence-corrected chi connectivity index (χ2v) is 3.44. The van der Waals surface area contributed by atoms with E-state index in [1.807, 2.05) is 6.92 Å². The summed E-state index contributed by atoms with van der Waals surface area (Å²) in [5.74, 6) is 0.627. The van der Waals surface area contributed by atoms with Gasteiger partial charge in [-0.05, 0) is 19.4 Å². The Bertz CT molecular complexity index is 144. The van der Waals surface area contributed by atoms with Gasteiger partial charge < -0.3 is 10.1 Å². The average molecular weight is 201 g/mol. The number of hydrogen-bond donors (Lipinski definition) is 1. The summed E-state index contributed by atoms with van der Waals surface area (Å²) < 4.78 is 4.82. The van der Waals surface area contributed by atoms with Gasteiger partial charge in [0.2, 0.25) is 0 Å². The first-order chi connectivity index (χ1) is 6.74. The van der Waals surface area contributed by atoms with Crippen LogP contribution < -0.4 is 5.32 Å². The maximum atomic E-state index is 11.0. The highest BCUT2D eigenvalue weighted by Gasteiger charge is 2.04. The molecule has 0 amide bonds. The normalized spacial score (nSPS) is 10.6. The van der Waals surface area contributed by atoms with Crippen molar-refractivity contribution in [2.45, 2.75) is 40.0 Å². The molecule has 14 heavy (non-hydrogen) atoms. The summed E-state index contributed by atoms with van der Waals surface area (Å²) in [6.45, 7) is 8.44. The minimum atomic E-state index is -0.107. The quantitative estimate of drug-likeness (QED) is 0.482. The molecule has 0 aromatic carbocycles. The molecular weight excluding hydrogens is 178 g/mol. The van der Waals surface area contributed by atoms with Crippen LogP contribution in [0.3, 0.4) is 0 Å². The fourth-order valence-corrected chi connectivity index (χ4v) is 1.31. The van der Waals surface area contributed by atoms with Gasteiger partial charge in [0.1, 0.15) is 0 Å². The molecule has 0 bridgehead atoms. The monoisotopic (exact) mass is 201 g/mol. The number of carbonyl (C=O) groups is 1. The van der Waals surface area contributed by atoms with Crippen LogP contribution in [-0.2, 0) is 9.53 Å². The average Bonchev–Trinajstić information content (AvgIpc) is 2.19. The summed E-state index contributed by atoms with van der Waals surface area (Å²) >= 11 is 0. The highest BCUT2D eigenvalue weighted by Crippen LogP contribution is 2.04. The summed E-state index contributed by atoms with van der Waals surface area (Å²) in [6, 6.07) is 0. The van der Waals surface area contributed by atoms with Gasteiger partial charge in [-0.2, -0.15) is 0 Å². The van der Waals surface area contributed by atoms with Crippen LogP contribution in [0, 0.1) is 5.92 Å². The lowest BCUT2D eigenvalue weighted by molar-refractivity contribution is -0.142. The second kappa shape index (κ2) is 9.00. The van der Waals surface area contributed by atoms with Crippen molar-refractivity contribution in [2.75, 3.05) is 19.7 Å². The number of ether oxygens (including phenoxy) is 1. The molecule has 0 aromatic rings.